The van der Waals surface area contributed by atoms with Crippen LogP contribution >= 0.6 is 0 Å². The first kappa shape index (κ1) is 18.6. The molecule has 9 heteroatoms. The summed E-state index contributed by atoms with van der Waals surface area (Å²) in [6.45, 7) is -0.493. The van der Waals surface area contributed by atoms with Gasteiger partial charge in [-0.15, -0.1) is 0 Å². The summed E-state index contributed by atoms with van der Waals surface area (Å²) in [4.78, 5) is 44.6. The fourth-order valence-electron chi connectivity index (χ4n) is 2.18. The van der Waals surface area contributed by atoms with Gasteiger partial charge in [0.25, 0.3) is 11.6 Å². The van der Waals surface area contributed by atoms with Crippen molar-refractivity contribution in [2.75, 3.05) is 11.9 Å². The summed E-state index contributed by atoms with van der Waals surface area (Å²) in [5, 5.41) is 24.3. The molecule has 0 saturated heterocycles. The Kier molecular flexibility index (Phi) is 5.99. The molecule has 0 unspecified atom stereocenters. The third-order valence-corrected chi connectivity index (χ3v) is 3.37. The number of carbonyl (C=O) groups is 3. The second-order valence-corrected chi connectivity index (χ2v) is 5.26. The van der Waals surface area contributed by atoms with Crippen LogP contribution in [0.5, 0.6) is 0 Å². The molecule has 0 atom stereocenters. The smallest absolute Gasteiger partial charge is 0.322 e. The highest BCUT2D eigenvalue weighted by Gasteiger charge is 2.15. The molecule has 0 aliphatic rings. The summed E-state index contributed by atoms with van der Waals surface area (Å²) < 4.78 is 0. The Morgan fingerprint density at radius 3 is 2.31 bits per heavy atom. The topological polar surface area (TPSA) is 139 Å². The third kappa shape index (κ3) is 5.13. The number of nitrogens with zero attached hydrogens (tertiary/aromatic N) is 1. The molecular weight excluding hydrogens is 342 g/mol. The number of amides is 2. The van der Waals surface area contributed by atoms with Crippen LogP contribution < -0.4 is 10.6 Å². The summed E-state index contributed by atoms with van der Waals surface area (Å²) in [5.41, 5.74) is 0.805. The first-order chi connectivity index (χ1) is 12.4. The van der Waals surface area contributed by atoms with Crippen molar-refractivity contribution in [3.8, 4) is 0 Å². The Labute approximate surface area is 147 Å². The molecule has 2 rings (SSSR count). The number of carboxylic acid groups (broad SMARTS) is 1. The lowest BCUT2D eigenvalue weighted by Crippen LogP contribution is -2.29. The molecule has 0 fully saturated rings. The Bertz CT molecular complexity index is 848. The van der Waals surface area contributed by atoms with Crippen molar-refractivity contribution in [2.24, 2.45) is 0 Å². The maximum Gasteiger partial charge on any atom is 0.322 e. The molecule has 0 aliphatic heterocycles. The maximum absolute atomic E-state index is 12.1. The summed E-state index contributed by atoms with van der Waals surface area (Å²) in [7, 11) is 0. The van der Waals surface area contributed by atoms with Crippen LogP contribution in [0.15, 0.2) is 48.5 Å². The molecule has 0 aliphatic carbocycles. The maximum atomic E-state index is 12.1. The first-order valence-electron chi connectivity index (χ1n) is 7.49. The minimum absolute atomic E-state index is 0.131. The quantitative estimate of drug-likeness (QED) is 0.508. The summed E-state index contributed by atoms with van der Waals surface area (Å²) >= 11 is 0. The number of aliphatic carboxylic acids is 1. The van der Waals surface area contributed by atoms with Crippen LogP contribution in [0.25, 0.3) is 0 Å². The molecule has 2 aromatic rings. The minimum Gasteiger partial charge on any atom is -0.480 e. The highest BCUT2D eigenvalue weighted by atomic mass is 16.6. The fourth-order valence-corrected chi connectivity index (χ4v) is 2.18. The van der Waals surface area contributed by atoms with Crippen molar-refractivity contribution in [2.45, 2.75) is 6.42 Å². The molecule has 26 heavy (non-hydrogen) atoms. The van der Waals surface area contributed by atoms with E-state index in [1.807, 2.05) is 0 Å². The number of nitro benzene ring substituents is 1. The number of rotatable bonds is 7. The van der Waals surface area contributed by atoms with Gasteiger partial charge in [-0.2, -0.15) is 0 Å². The second-order valence-electron chi connectivity index (χ2n) is 5.26. The Morgan fingerprint density at radius 2 is 1.69 bits per heavy atom. The van der Waals surface area contributed by atoms with Gasteiger partial charge >= 0.3 is 5.97 Å². The van der Waals surface area contributed by atoms with Crippen LogP contribution in [0.2, 0.25) is 0 Å². The average molecular weight is 357 g/mol. The predicted octanol–water partition coefficient (Wildman–Crippen LogP) is 1.59. The molecule has 2 amide bonds. The average Bonchev–Trinajstić information content (AvgIpc) is 2.60. The minimum atomic E-state index is -1.16. The van der Waals surface area contributed by atoms with Crippen LogP contribution in [-0.4, -0.2) is 34.4 Å². The number of nitro groups is 1. The number of para-hydroxylation sites is 1. The fraction of sp³-hybridized carbons (Fsp3) is 0.118. The lowest BCUT2D eigenvalue weighted by Gasteiger charge is -2.07. The molecule has 0 spiro atoms. The number of hydrogen-bond donors (Lipinski definition) is 3. The highest BCUT2D eigenvalue weighted by Crippen LogP contribution is 2.19. The van der Waals surface area contributed by atoms with Crippen LogP contribution in [0.1, 0.15) is 15.9 Å². The van der Waals surface area contributed by atoms with Gasteiger partial charge < -0.3 is 15.7 Å². The zero-order chi connectivity index (χ0) is 19.1. The van der Waals surface area contributed by atoms with Gasteiger partial charge in [-0.1, -0.05) is 18.2 Å². The van der Waals surface area contributed by atoms with Gasteiger partial charge in [0, 0.05) is 22.9 Å². The largest absolute Gasteiger partial charge is 0.480 e. The van der Waals surface area contributed by atoms with E-state index in [0.29, 0.717) is 11.3 Å². The van der Waals surface area contributed by atoms with Crippen LogP contribution in [0.4, 0.5) is 11.4 Å². The Balaban J connectivity index is 1.99. The number of nitrogens with one attached hydrogen (secondary N) is 2. The van der Waals surface area contributed by atoms with Gasteiger partial charge in [0.15, 0.2) is 0 Å². The lowest BCUT2D eigenvalue weighted by atomic mass is 10.1. The van der Waals surface area contributed by atoms with Crippen molar-refractivity contribution >= 4 is 29.2 Å². The van der Waals surface area contributed by atoms with E-state index >= 15 is 0 Å². The lowest BCUT2D eigenvalue weighted by molar-refractivity contribution is -0.385. The van der Waals surface area contributed by atoms with Crippen molar-refractivity contribution < 1.29 is 24.4 Å². The first-order valence-corrected chi connectivity index (χ1v) is 7.49. The zero-order valence-electron chi connectivity index (χ0n) is 13.5. The van der Waals surface area contributed by atoms with Crippen LogP contribution in [0.3, 0.4) is 0 Å². The highest BCUT2D eigenvalue weighted by molar-refractivity contribution is 5.97. The van der Waals surface area contributed by atoms with E-state index < -0.39 is 29.3 Å². The van der Waals surface area contributed by atoms with E-state index in [4.69, 9.17) is 5.11 Å². The molecule has 134 valence electrons. The van der Waals surface area contributed by atoms with E-state index in [1.54, 1.807) is 6.07 Å². The third-order valence-electron chi connectivity index (χ3n) is 3.37. The van der Waals surface area contributed by atoms with Crippen molar-refractivity contribution in [3.05, 3.63) is 69.8 Å². The van der Waals surface area contributed by atoms with E-state index in [1.165, 1.54) is 42.5 Å². The van der Waals surface area contributed by atoms with Crippen molar-refractivity contribution in [1.29, 1.82) is 0 Å². The zero-order valence-corrected chi connectivity index (χ0v) is 13.5. The van der Waals surface area contributed by atoms with Gasteiger partial charge in [0.2, 0.25) is 5.91 Å². The van der Waals surface area contributed by atoms with Gasteiger partial charge in [-0.05, 0) is 24.3 Å². The molecule has 0 heterocycles. The Hall–Kier alpha value is -3.75. The summed E-state index contributed by atoms with van der Waals surface area (Å²) in [6.07, 6.45) is -0.169. The number of anilines is 1. The van der Waals surface area contributed by atoms with Crippen LogP contribution in [-0.2, 0) is 16.0 Å². The van der Waals surface area contributed by atoms with Crippen LogP contribution in [0, 0.1) is 10.1 Å². The number of benzene rings is 2. The Morgan fingerprint density at radius 1 is 1.04 bits per heavy atom. The van der Waals surface area contributed by atoms with E-state index in [9.17, 15) is 24.5 Å². The SMILES string of the molecule is O=C(O)CNC(=O)c1ccc(NC(=O)Cc2ccccc2[N+](=O)[O-])cc1. The molecule has 9 nitrogen and oxygen atoms in total. The molecule has 0 bridgehead atoms. The monoisotopic (exact) mass is 357 g/mol. The van der Waals surface area contributed by atoms with Gasteiger partial charge in [0.1, 0.15) is 6.54 Å². The van der Waals surface area contributed by atoms with E-state index in [2.05, 4.69) is 10.6 Å². The number of carbonyl (C=O) groups excluding carboxylic acids is 2. The van der Waals surface area contributed by atoms with Crippen molar-refractivity contribution in [3.63, 3.8) is 0 Å². The molecule has 2 aromatic carbocycles. The predicted molar refractivity (Wildman–Crippen MR) is 91.8 cm³/mol. The standard InChI is InChI=1S/C17H15N3O6/c21-15(9-12-3-1-2-4-14(12)20(25)26)19-13-7-5-11(6-8-13)17(24)18-10-16(22)23/h1-8H,9-10H2,(H,18,24)(H,19,21)(H,22,23). The van der Waals surface area contributed by atoms with E-state index in [0.717, 1.165) is 0 Å². The molecular formula is C17H15N3O6. The molecule has 0 aromatic heterocycles. The van der Waals surface area contributed by atoms with E-state index in [-0.39, 0.29) is 17.7 Å². The van der Waals surface area contributed by atoms with Gasteiger partial charge in [0.05, 0.1) is 11.3 Å². The molecule has 3 N–H and O–H groups in total. The number of hydrogen-bond acceptors (Lipinski definition) is 5. The summed E-state index contributed by atoms with van der Waals surface area (Å²) in [6, 6.07) is 11.8. The van der Waals surface area contributed by atoms with Gasteiger partial charge in [-0.25, -0.2) is 0 Å². The van der Waals surface area contributed by atoms with Gasteiger partial charge in [-0.3, -0.25) is 24.5 Å². The normalized spacial score (nSPS) is 10.0. The second kappa shape index (κ2) is 8.38. The molecule has 0 saturated carbocycles. The summed E-state index contributed by atoms with van der Waals surface area (Å²) in [5.74, 6) is -2.15. The van der Waals surface area contributed by atoms with Crippen molar-refractivity contribution in [1.82, 2.24) is 5.32 Å². The molecule has 0 radical (unpaired) electrons. The number of carboxylic acids is 1.